The van der Waals surface area contributed by atoms with Crippen LogP contribution in [-0.4, -0.2) is 48.4 Å². The molecular formula is C12H22N2O5S. The van der Waals surface area contributed by atoms with Crippen LogP contribution in [0.1, 0.15) is 12.7 Å². The average Bonchev–Trinajstić information content (AvgIpc) is 2.89. The van der Waals surface area contributed by atoms with Crippen molar-refractivity contribution in [1.82, 2.24) is 10.0 Å². The van der Waals surface area contributed by atoms with Gasteiger partial charge >= 0.3 is 0 Å². The molecule has 0 atom stereocenters. The summed E-state index contributed by atoms with van der Waals surface area (Å²) in [6.07, 6.45) is 0. The Balaban J connectivity index is 2.44. The van der Waals surface area contributed by atoms with E-state index < -0.39 is 10.0 Å². The largest absolute Gasteiger partial charge is 0.447 e. The quantitative estimate of drug-likeness (QED) is 0.573. The van der Waals surface area contributed by atoms with Crippen LogP contribution in [0.2, 0.25) is 0 Å². The Kier molecular flexibility index (Phi) is 7.78. The Labute approximate surface area is 119 Å². The minimum atomic E-state index is -3.60. The van der Waals surface area contributed by atoms with Gasteiger partial charge in [-0.2, -0.15) is 0 Å². The van der Waals surface area contributed by atoms with E-state index in [2.05, 4.69) is 10.0 Å². The van der Waals surface area contributed by atoms with E-state index in [9.17, 15) is 8.42 Å². The van der Waals surface area contributed by atoms with Crippen LogP contribution in [0, 0.1) is 0 Å². The molecule has 0 spiro atoms. The molecule has 1 rings (SSSR count). The Bertz CT molecular complexity index is 472. The number of ether oxygens (including phenoxy) is 2. The van der Waals surface area contributed by atoms with Crippen molar-refractivity contribution in [3.05, 3.63) is 17.9 Å². The van der Waals surface area contributed by atoms with Gasteiger partial charge in [0.15, 0.2) is 0 Å². The summed E-state index contributed by atoms with van der Waals surface area (Å²) >= 11 is 0. The molecule has 20 heavy (non-hydrogen) atoms. The number of furan rings is 1. The van der Waals surface area contributed by atoms with Crippen molar-refractivity contribution in [2.45, 2.75) is 18.6 Å². The summed E-state index contributed by atoms with van der Waals surface area (Å²) in [6.45, 7) is 4.68. The second-order valence-electron chi connectivity index (χ2n) is 3.99. The zero-order valence-corrected chi connectivity index (χ0v) is 12.7. The molecule has 0 aliphatic rings. The van der Waals surface area contributed by atoms with Gasteiger partial charge in [-0.3, -0.25) is 0 Å². The molecule has 0 saturated heterocycles. The lowest BCUT2D eigenvalue weighted by atomic mass is 10.4. The monoisotopic (exact) mass is 306 g/mol. The molecule has 0 saturated carbocycles. The average molecular weight is 306 g/mol. The van der Waals surface area contributed by atoms with E-state index >= 15 is 0 Å². The van der Waals surface area contributed by atoms with Gasteiger partial charge in [0.05, 0.1) is 19.8 Å². The van der Waals surface area contributed by atoms with Crippen LogP contribution in [-0.2, 0) is 26.0 Å². The number of nitrogens with one attached hydrogen (secondary N) is 2. The predicted molar refractivity (Wildman–Crippen MR) is 74.0 cm³/mol. The summed E-state index contributed by atoms with van der Waals surface area (Å²) in [5, 5.41) is 2.99. The highest BCUT2D eigenvalue weighted by atomic mass is 32.2. The van der Waals surface area contributed by atoms with Crippen molar-refractivity contribution in [1.29, 1.82) is 0 Å². The van der Waals surface area contributed by atoms with Crippen molar-refractivity contribution in [2.24, 2.45) is 0 Å². The number of methoxy groups -OCH3 is 1. The Morgan fingerprint density at radius 2 is 2.05 bits per heavy atom. The summed E-state index contributed by atoms with van der Waals surface area (Å²) in [5.41, 5.74) is 0. The standard InChI is InChI=1S/C12H22N2O5S/c1-3-18-9-7-14-20(15,16)12-5-4-11(19-12)10-13-6-8-17-2/h4-5,13-14H,3,6-10H2,1-2H3. The van der Waals surface area contributed by atoms with Gasteiger partial charge < -0.3 is 19.2 Å². The van der Waals surface area contributed by atoms with Gasteiger partial charge in [-0.25, -0.2) is 13.1 Å². The molecule has 0 bridgehead atoms. The summed E-state index contributed by atoms with van der Waals surface area (Å²) in [7, 11) is -1.99. The summed E-state index contributed by atoms with van der Waals surface area (Å²) in [5.74, 6) is 0.561. The van der Waals surface area contributed by atoms with Crippen LogP contribution in [0.4, 0.5) is 0 Å². The lowest BCUT2D eigenvalue weighted by molar-refractivity contribution is 0.153. The minimum Gasteiger partial charge on any atom is -0.447 e. The van der Waals surface area contributed by atoms with Crippen LogP contribution < -0.4 is 10.0 Å². The highest BCUT2D eigenvalue weighted by molar-refractivity contribution is 7.89. The minimum absolute atomic E-state index is 0.0856. The maximum atomic E-state index is 11.9. The molecule has 2 N–H and O–H groups in total. The van der Waals surface area contributed by atoms with Gasteiger partial charge in [-0.15, -0.1) is 0 Å². The Hall–Kier alpha value is -0.930. The van der Waals surface area contributed by atoms with E-state index in [-0.39, 0.29) is 11.6 Å². The smallest absolute Gasteiger partial charge is 0.274 e. The molecule has 0 radical (unpaired) electrons. The summed E-state index contributed by atoms with van der Waals surface area (Å²) in [4.78, 5) is 0. The fraction of sp³-hybridized carbons (Fsp3) is 0.667. The molecule has 0 amide bonds. The molecule has 0 unspecified atom stereocenters. The molecular weight excluding hydrogens is 284 g/mol. The van der Waals surface area contributed by atoms with Crippen LogP contribution in [0.3, 0.4) is 0 Å². The normalized spacial score (nSPS) is 11.9. The van der Waals surface area contributed by atoms with Gasteiger partial charge in [0.25, 0.3) is 10.0 Å². The Morgan fingerprint density at radius 1 is 1.25 bits per heavy atom. The van der Waals surface area contributed by atoms with Crippen molar-refractivity contribution < 1.29 is 22.3 Å². The number of hydrogen-bond donors (Lipinski definition) is 2. The fourth-order valence-corrected chi connectivity index (χ4v) is 2.41. The van der Waals surface area contributed by atoms with Crippen molar-refractivity contribution in [3.63, 3.8) is 0 Å². The number of rotatable bonds is 11. The zero-order valence-electron chi connectivity index (χ0n) is 11.8. The zero-order chi connectivity index (χ0) is 14.8. The first kappa shape index (κ1) is 17.1. The topological polar surface area (TPSA) is 89.8 Å². The van der Waals surface area contributed by atoms with E-state index in [1.165, 1.54) is 6.07 Å². The SMILES string of the molecule is CCOCCNS(=O)(=O)c1ccc(CNCCOC)o1. The van der Waals surface area contributed by atoms with Gasteiger partial charge in [-0.05, 0) is 19.1 Å². The molecule has 0 fully saturated rings. The molecule has 0 aliphatic carbocycles. The molecule has 7 nitrogen and oxygen atoms in total. The third-order valence-electron chi connectivity index (χ3n) is 2.43. The van der Waals surface area contributed by atoms with E-state index in [0.29, 0.717) is 38.7 Å². The second-order valence-corrected chi connectivity index (χ2v) is 5.68. The number of hydrogen-bond acceptors (Lipinski definition) is 6. The van der Waals surface area contributed by atoms with E-state index in [4.69, 9.17) is 13.9 Å². The van der Waals surface area contributed by atoms with Crippen LogP contribution in [0.5, 0.6) is 0 Å². The van der Waals surface area contributed by atoms with Crippen LogP contribution >= 0.6 is 0 Å². The van der Waals surface area contributed by atoms with Crippen LogP contribution in [0.15, 0.2) is 21.6 Å². The molecule has 1 aromatic rings. The third-order valence-corrected chi connectivity index (χ3v) is 3.76. The first-order valence-electron chi connectivity index (χ1n) is 6.46. The van der Waals surface area contributed by atoms with E-state index in [0.717, 1.165) is 0 Å². The van der Waals surface area contributed by atoms with Gasteiger partial charge in [-0.1, -0.05) is 0 Å². The van der Waals surface area contributed by atoms with Gasteiger partial charge in [0.2, 0.25) is 5.09 Å². The molecule has 0 aromatic carbocycles. The van der Waals surface area contributed by atoms with E-state index in [1.54, 1.807) is 13.2 Å². The second kappa shape index (κ2) is 9.09. The number of sulfonamides is 1. The molecule has 1 aromatic heterocycles. The van der Waals surface area contributed by atoms with Crippen LogP contribution in [0.25, 0.3) is 0 Å². The lowest BCUT2D eigenvalue weighted by Crippen LogP contribution is -2.27. The Morgan fingerprint density at radius 3 is 2.75 bits per heavy atom. The molecule has 8 heteroatoms. The lowest BCUT2D eigenvalue weighted by Gasteiger charge is -2.04. The summed E-state index contributed by atoms with van der Waals surface area (Å²) < 4.78 is 41.4. The van der Waals surface area contributed by atoms with Crippen molar-refractivity contribution in [2.75, 3.05) is 40.0 Å². The first-order valence-corrected chi connectivity index (χ1v) is 7.94. The van der Waals surface area contributed by atoms with Crippen molar-refractivity contribution in [3.8, 4) is 0 Å². The van der Waals surface area contributed by atoms with Gasteiger partial charge in [0.1, 0.15) is 5.76 Å². The third kappa shape index (κ3) is 6.02. The predicted octanol–water partition coefficient (Wildman–Crippen LogP) is 0.330. The molecule has 1 heterocycles. The van der Waals surface area contributed by atoms with E-state index in [1.807, 2.05) is 6.92 Å². The summed E-state index contributed by atoms with van der Waals surface area (Å²) in [6, 6.07) is 3.08. The first-order chi connectivity index (χ1) is 9.60. The fourth-order valence-electron chi connectivity index (χ4n) is 1.45. The molecule has 0 aliphatic heterocycles. The molecule has 116 valence electrons. The van der Waals surface area contributed by atoms with Gasteiger partial charge in [0, 0.05) is 26.8 Å². The highest BCUT2D eigenvalue weighted by Crippen LogP contribution is 2.13. The maximum Gasteiger partial charge on any atom is 0.274 e. The van der Waals surface area contributed by atoms with Crippen molar-refractivity contribution >= 4 is 10.0 Å². The highest BCUT2D eigenvalue weighted by Gasteiger charge is 2.17. The maximum absolute atomic E-state index is 11.9.